The van der Waals surface area contributed by atoms with Crippen LogP contribution in [0.1, 0.15) is 27.7 Å². The lowest BCUT2D eigenvalue weighted by molar-refractivity contribution is 0.611. The zero-order valence-corrected chi connectivity index (χ0v) is 10.4. The van der Waals surface area contributed by atoms with Crippen LogP contribution in [-0.2, 0) is 0 Å². The quantitative estimate of drug-likeness (QED) is 0.584. The highest BCUT2D eigenvalue weighted by molar-refractivity contribution is 7.60. The Morgan fingerprint density at radius 2 is 1.31 bits per heavy atom. The van der Waals surface area contributed by atoms with Gasteiger partial charge in [-0.3, -0.25) is 15.3 Å². The van der Waals surface area contributed by atoms with Crippen molar-refractivity contribution >= 4 is 7.36 Å². The van der Waals surface area contributed by atoms with Crippen LogP contribution < -0.4 is 10.2 Å². The van der Waals surface area contributed by atoms with Gasteiger partial charge < -0.3 is 0 Å². The number of hydrogen-bond acceptors (Lipinski definition) is 1. The molecular weight excluding hydrogens is 181 g/mol. The minimum atomic E-state index is -1.80. The summed E-state index contributed by atoms with van der Waals surface area (Å²) < 4.78 is 0. The van der Waals surface area contributed by atoms with Gasteiger partial charge >= 0.3 is 0 Å². The molecule has 0 amide bonds. The highest BCUT2D eigenvalue weighted by Gasteiger charge is 2.09. The Morgan fingerprint density at radius 1 is 1.00 bits per heavy atom. The summed E-state index contributed by atoms with van der Waals surface area (Å²) in [6.45, 7) is 12.5. The van der Waals surface area contributed by atoms with Crippen LogP contribution in [-0.4, -0.2) is 19.8 Å². The molecule has 0 spiro atoms. The Hall–Kier alpha value is 0.150. The predicted molar refractivity (Wildman–Crippen MR) is 61.2 cm³/mol. The van der Waals surface area contributed by atoms with Crippen LogP contribution in [0.25, 0.3) is 0 Å². The average Bonchev–Trinajstić information content (AvgIpc) is 1.98. The Kier molecular flexibility index (Phi) is 5.86. The summed E-state index contributed by atoms with van der Waals surface area (Å²) in [6.07, 6.45) is 0. The first kappa shape index (κ1) is 13.2. The van der Waals surface area contributed by atoms with Crippen molar-refractivity contribution in [1.82, 2.24) is 10.2 Å². The second kappa shape index (κ2) is 5.79. The Bertz CT molecular complexity index is 162. The van der Waals surface area contributed by atoms with Gasteiger partial charge in [-0.2, -0.15) is 0 Å². The molecule has 0 aliphatic rings. The molecule has 0 bridgehead atoms. The summed E-state index contributed by atoms with van der Waals surface area (Å²) in [7, 11) is -1.80. The number of nitrogens with one attached hydrogen (secondary N) is 3. The predicted octanol–water partition coefficient (Wildman–Crippen LogP) is 2.72. The van der Waals surface area contributed by atoms with Crippen molar-refractivity contribution in [2.45, 2.75) is 27.7 Å². The van der Waals surface area contributed by atoms with E-state index in [2.05, 4.69) is 37.9 Å². The Morgan fingerprint density at radius 3 is 1.54 bits per heavy atom. The molecular formula is C9H24N3P. The van der Waals surface area contributed by atoms with Gasteiger partial charge in [0.05, 0.1) is 7.36 Å². The lowest BCUT2D eigenvalue weighted by Crippen LogP contribution is -2.26. The van der Waals surface area contributed by atoms with E-state index in [4.69, 9.17) is 5.16 Å². The van der Waals surface area contributed by atoms with Gasteiger partial charge in [0.15, 0.2) is 0 Å². The fourth-order valence-corrected chi connectivity index (χ4v) is 2.36. The van der Waals surface area contributed by atoms with Crippen molar-refractivity contribution < 1.29 is 0 Å². The van der Waals surface area contributed by atoms with E-state index in [-0.39, 0.29) is 0 Å². The first-order valence-electron chi connectivity index (χ1n) is 4.95. The second-order valence-electron chi connectivity index (χ2n) is 4.52. The van der Waals surface area contributed by atoms with Gasteiger partial charge in [-0.05, 0) is 18.5 Å². The first-order chi connectivity index (χ1) is 5.83. The van der Waals surface area contributed by atoms with E-state index in [1.165, 1.54) is 0 Å². The van der Waals surface area contributed by atoms with Crippen molar-refractivity contribution in [2.75, 3.05) is 19.8 Å². The molecule has 0 radical (unpaired) electrons. The van der Waals surface area contributed by atoms with Gasteiger partial charge in [-0.25, -0.2) is 0 Å². The van der Waals surface area contributed by atoms with Crippen molar-refractivity contribution in [1.29, 1.82) is 5.16 Å². The summed E-state index contributed by atoms with van der Waals surface area (Å²) in [4.78, 5) is 0. The number of rotatable bonds is 6. The van der Waals surface area contributed by atoms with Crippen LogP contribution in [0.4, 0.5) is 0 Å². The summed E-state index contributed by atoms with van der Waals surface area (Å²) in [6, 6.07) is 0. The van der Waals surface area contributed by atoms with Crippen molar-refractivity contribution in [2.24, 2.45) is 11.8 Å². The van der Waals surface area contributed by atoms with Crippen LogP contribution >= 0.6 is 7.36 Å². The third kappa shape index (κ3) is 8.48. The summed E-state index contributed by atoms with van der Waals surface area (Å²) >= 11 is 0. The minimum absolute atomic E-state index is 0.616. The maximum Gasteiger partial charge on any atom is 0.0855 e. The molecule has 0 aromatic heterocycles. The van der Waals surface area contributed by atoms with Crippen molar-refractivity contribution in [3.63, 3.8) is 0 Å². The van der Waals surface area contributed by atoms with E-state index < -0.39 is 7.36 Å². The van der Waals surface area contributed by atoms with Crippen LogP contribution in [0.2, 0.25) is 0 Å². The maximum atomic E-state index is 8.00. The van der Waals surface area contributed by atoms with Crippen LogP contribution in [0.15, 0.2) is 0 Å². The fraction of sp³-hybridized carbons (Fsp3) is 1.00. The topological polar surface area (TPSA) is 47.9 Å². The molecule has 0 aromatic rings. The van der Waals surface area contributed by atoms with E-state index >= 15 is 0 Å². The molecule has 0 rings (SSSR count). The van der Waals surface area contributed by atoms with Crippen LogP contribution in [0, 0.1) is 17.0 Å². The molecule has 80 valence electrons. The number of hydrogen-bond donors (Lipinski definition) is 3. The van der Waals surface area contributed by atoms with E-state index in [0.717, 1.165) is 13.1 Å². The van der Waals surface area contributed by atoms with Gasteiger partial charge in [0.1, 0.15) is 0 Å². The standard InChI is InChI=1S/C9H24N3P/c1-8(2)6-11-13(5,10)12-7-9(3)4/h8-9H,6-7H2,1-5H3,(H3,10,11,12). The van der Waals surface area contributed by atoms with Crippen LogP contribution in [0.3, 0.4) is 0 Å². The highest BCUT2D eigenvalue weighted by atomic mass is 31.2. The van der Waals surface area contributed by atoms with E-state index in [0.29, 0.717) is 11.8 Å². The average molecular weight is 205 g/mol. The third-order valence-corrected chi connectivity index (χ3v) is 3.26. The lowest BCUT2D eigenvalue weighted by Gasteiger charge is -2.22. The fourth-order valence-electron chi connectivity index (χ4n) is 0.786. The molecule has 0 saturated heterocycles. The smallest absolute Gasteiger partial charge is 0.0855 e. The Balaban J connectivity index is 3.74. The molecule has 3 N–H and O–H groups in total. The Labute approximate surface area is 82.7 Å². The third-order valence-electron chi connectivity index (χ3n) is 1.63. The summed E-state index contributed by atoms with van der Waals surface area (Å²) in [5, 5.41) is 14.6. The zero-order chi connectivity index (χ0) is 10.5. The van der Waals surface area contributed by atoms with Crippen LogP contribution in [0.5, 0.6) is 0 Å². The first-order valence-corrected chi connectivity index (χ1v) is 7.19. The van der Waals surface area contributed by atoms with Crippen molar-refractivity contribution in [3.8, 4) is 0 Å². The normalized spacial score (nSPS) is 12.8. The molecule has 0 aliphatic heterocycles. The largest absolute Gasteiger partial charge is 0.290 e. The van der Waals surface area contributed by atoms with Gasteiger partial charge in [0, 0.05) is 13.1 Å². The lowest BCUT2D eigenvalue weighted by atomic mass is 10.2. The molecule has 0 aliphatic carbocycles. The minimum Gasteiger partial charge on any atom is -0.290 e. The molecule has 0 fully saturated rings. The molecule has 4 heteroatoms. The van der Waals surface area contributed by atoms with Gasteiger partial charge in [0.2, 0.25) is 0 Å². The molecule has 0 saturated carbocycles. The second-order valence-corrected chi connectivity index (χ2v) is 7.16. The molecule has 13 heavy (non-hydrogen) atoms. The van der Waals surface area contributed by atoms with E-state index in [1.54, 1.807) is 0 Å². The van der Waals surface area contributed by atoms with Gasteiger partial charge in [-0.1, -0.05) is 27.7 Å². The molecule has 0 atom stereocenters. The van der Waals surface area contributed by atoms with Crippen molar-refractivity contribution in [3.05, 3.63) is 0 Å². The van der Waals surface area contributed by atoms with Gasteiger partial charge in [0.25, 0.3) is 0 Å². The molecule has 0 unspecified atom stereocenters. The zero-order valence-electron chi connectivity index (χ0n) is 9.52. The highest BCUT2D eigenvalue weighted by Crippen LogP contribution is 2.31. The SMILES string of the molecule is CC(C)CNP(C)(=N)NCC(C)C. The van der Waals surface area contributed by atoms with E-state index in [1.807, 2.05) is 6.66 Å². The molecule has 0 aromatic carbocycles. The monoisotopic (exact) mass is 205 g/mol. The molecule has 0 heterocycles. The summed E-state index contributed by atoms with van der Waals surface area (Å²) in [5.41, 5.74) is 0. The summed E-state index contributed by atoms with van der Waals surface area (Å²) in [5.74, 6) is 1.23. The van der Waals surface area contributed by atoms with E-state index in [9.17, 15) is 0 Å². The van der Waals surface area contributed by atoms with Gasteiger partial charge in [-0.15, -0.1) is 0 Å². The maximum absolute atomic E-state index is 8.00. The molecule has 3 nitrogen and oxygen atoms in total.